The molecule has 0 aromatic carbocycles. The predicted molar refractivity (Wildman–Crippen MR) is 81.6 cm³/mol. The second-order valence-corrected chi connectivity index (χ2v) is 5.56. The Balaban J connectivity index is 2.18. The van der Waals surface area contributed by atoms with Gasteiger partial charge in [0.05, 0.1) is 16.9 Å². The fraction of sp³-hybridized carbons (Fsp3) is 0.500. The van der Waals surface area contributed by atoms with Gasteiger partial charge in [0.1, 0.15) is 17.5 Å². The lowest BCUT2D eigenvalue weighted by Gasteiger charge is -2.42. The maximum atomic E-state index is 5.95. The Hall–Kier alpha value is -1.72. The zero-order valence-corrected chi connectivity index (χ0v) is 12.5. The number of nitrogens with two attached hydrogens (primary N) is 1. The van der Waals surface area contributed by atoms with Gasteiger partial charge in [-0.2, -0.15) is 0 Å². The summed E-state index contributed by atoms with van der Waals surface area (Å²) in [5.41, 5.74) is 5.21. The fourth-order valence-electron chi connectivity index (χ4n) is 3.32. The van der Waals surface area contributed by atoms with Crippen molar-refractivity contribution in [2.75, 3.05) is 20.0 Å². The molecule has 5 nitrogen and oxygen atoms in total. The van der Waals surface area contributed by atoms with E-state index in [9.17, 15) is 0 Å². The van der Waals surface area contributed by atoms with Gasteiger partial charge in [0.2, 0.25) is 0 Å². The van der Waals surface area contributed by atoms with Crippen LogP contribution in [0.3, 0.4) is 0 Å². The Morgan fingerprint density at radius 2 is 2.19 bits per heavy atom. The molecule has 1 aromatic rings. The van der Waals surface area contributed by atoms with E-state index in [1.54, 1.807) is 20.4 Å². The van der Waals surface area contributed by atoms with Crippen LogP contribution in [0.5, 0.6) is 0 Å². The topological polar surface area (TPSA) is 70.3 Å². The Morgan fingerprint density at radius 1 is 1.33 bits per heavy atom. The van der Waals surface area contributed by atoms with Crippen LogP contribution in [0.15, 0.2) is 18.3 Å². The van der Waals surface area contributed by atoms with Gasteiger partial charge in [0.25, 0.3) is 0 Å². The minimum Gasteiger partial charge on any atom is -0.382 e. The first-order chi connectivity index (χ1) is 10.2. The van der Waals surface area contributed by atoms with Crippen molar-refractivity contribution in [1.29, 1.82) is 0 Å². The Kier molecular flexibility index (Phi) is 3.78. The minimum absolute atomic E-state index is 0.194. The van der Waals surface area contributed by atoms with Gasteiger partial charge in [-0.3, -0.25) is 4.98 Å². The summed E-state index contributed by atoms with van der Waals surface area (Å²) in [4.78, 5) is 8.72. The first kappa shape index (κ1) is 14.2. The molecule has 0 fully saturated rings. The monoisotopic (exact) mass is 287 g/mol. The standard InChI is InChI=1S/C16H21N3O2/c1-20-14-8-12-13(19-15(17)10-18-12)9-16(14,21-2)11-6-4-3-5-7-11/h4,6,8-11,14H,3,5,7H2,1-2H3,(H2,17,19). The minimum atomic E-state index is -0.554. The van der Waals surface area contributed by atoms with E-state index in [4.69, 9.17) is 15.2 Å². The van der Waals surface area contributed by atoms with Crippen molar-refractivity contribution in [3.63, 3.8) is 0 Å². The molecule has 1 aromatic heterocycles. The summed E-state index contributed by atoms with van der Waals surface area (Å²) in [6, 6.07) is 0. The summed E-state index contributed by atoms with van der Waals surface area (Å²) in [6.45, 7) is 0. The molecule has 0 spiro atoms. The summed E-state index contributed by atoms with van der Waals surface area (Å²) in [5, 5.41) is 1.56. The van der Waals surface area contributed by atoms with E-state index in [0.717, 1.165) is 30.0 Å². The number of nitrogen functional groups attached to an aromatic ring is 1. The summed E-state index contributed by atoms with van der Waals surface area (Å²) in [5.74, 6) is 0.673. The van der Waals surface area contributed by atoms with E-state index in [1.165, 1.54) is 0 Å². The van der Waals surface area contributed by atoms with Crippen molar-refractivity contribution in [2.45, 2.75) is 31.0 Å². The van der Waals surface area contributed by atoms with Crippen LogP contribution < -0.4 is 16.4 Å². The van der Waals surface area contributed by atoms with Crippen molar-refractivity contribution >= 4 is 18.0 Å². The van der Waals surface area contributed by atoms with Crippen molar-refractivity contribution < 1.29 is 9.47 Å². The molecule has 0 saturated carbocycles. The molecule has 5 heteroatoms. The third kappa shape index (κ3) is 2.36. The number of rotatable bonds is 3. The molecular weight excluding hydrogens is 266 g/mol. The maximum absolute atomic E-state index is 5.95. The van der Waals surface area contributed by atoms with E-state index in [-0.39, 0.29) is 12.0 Å². The Morgan fingerprint density at radius 3 is 2.86 bits per heavy atom. The lowest BCUT2D eigenvalue weighted by atomic mass is 9.75. The van der Waals surface area contributed by atoms with Crippen LogP contribution in [0.1, 0.15) is 19.3 Å². The largest absolute Gasteiger partial charge is 0.382 e. The highest BCUT2D eigenvalue weighted by Gasteiger charge is 2.44. The number of aromatic nitrogens is 2. The van der Waals surface area contributed by atoms with Gasteiger partial charge in [-0.1, -0.05) is 12.2 Å². The molecule has 0 aliphatic heterocycles. The van der Waals surface area contributed by atoms with Gasteiger partial charge in [-0.05, 0) is 31.4 Å². The summed E-state index contributed by atoms with van der Waals surface area (Å²) in [6.07, 6.45) is 13.2. The zero-order valence-electron chi connectivity index (χ0n) is 12.5. The number of hydrogen-bond donors (Lipinski definition) is 1. The molecule has 3 rings (SSSR count). The number of allylic oxidation sites excluding steroid dienone is 1. The second-order valence-electron chi connectivity index (χ2n) is 5.56. The average molecular weight is 287 g/mol. The molecule has 21 heavy (non-hydrogen) atoms. The molecule has 112 valence electrons. The number of methoxy groups -OCH3 is 2. The van der Waals surface area contributed by atoms with Gasteiger partial charge in [0.15, 0.2) is 0 Å². The van der Waals surface area contributed by atoms with E-state index in [1.807, 2.05) is 12.2 Å². The van der Waals surface area contributed by atoms with E-state index >= 15 is 0 Å². The lowest BCUT2D eigenvalue weighted by Crippen LogP contribution is -2.55. The number of hydrogen-bond acceptors (Lipinski definition) is 5. The lowest BCUT2D eigenvalue weighted by molar-refractivity contribution is -0.0757. The molecule has 2 N–H and O–H groups in total. The summed E-state index contributed by atoms with van der Waals surface area (Å²) in [7, 11) is 3.43. The molecule has 0 bridgehead atoms. The van der Waals surface area contributed by atoms with E-state index in [0.29, 0.717) is 5.82 Å². The average Bonchev–Trinajstić information content (AvgIpc) is 2.54. The number of fused-ring (bicyclic) bond motifs is 1. The summed E-state index contributed by atoms with van der Waals surface area (Å²) < 4.78 is 11.6. The van der Waals surface area contributed by atoms with Crippen molar-refractivity contribution in [3.05, 3.63) is 29.0 Å². The van der Waals surface area contributed by atoms with Gasteiger partial charge < -0.3 is 15.2 Å². The Bertz CT molecular complexity index is 671. The van der Waals surface area contributed by atoms with E-state index < -0.39 is 5.60 Å². The van der Waals surface area contributed by atoms with Crippen LogP contribution in [0, 0.1) is 5.92 Å². The molecule has 0 radical (unpaired) electrons. The first-order valence-corrected chi connectivity index (χ1v) is 7.27. The van der Waals surface area contributed by atoms with Gasteiger partial charge in [-0.15, -0.1) is 0 Å². The van der Waals surface area contributed by atoms with Crippen LogP contribution in [0.25, 0.3) is 12.2 Å². The third-order valence-electron chi connectivity index (χ3n) is 4.41. The smallest absolute Gasteiger partial charge is 0.142 e. The number of anilines is 1. The maximum Gasteiger partial charge on any atom is 0.142 e. The normalized spacial score (nSPS) is 31.1. The predicted octanol–water partition coefficient (Wildman–Crippen LogP) is 0.390. The molecular formula is C16H21N3O2. The molecule has 3 unspecified atom stereocenters. The Labute approximate surface area is 124 Å². The van der Waals surface area contributed by atoms with Crippen LogP contribution in [-0.2, 0) is 9.47 Å². The van der Waals surface area contributed by atoms with Crippen molar-refractivity contribution in [2.24, 2.45) is 5.92 Å². The second kappa shape index (κ2) is 5.58. The highest BCUT2D eigenvalue weighted by Crippen LogP contribution is 2.37. The SMILES string of the molecule is COC1C=c2ncc(N)nc2=CC1(OC)C1C=CCCC1. The van der Waals surface area contributed by atoms with Gasteiger partial charge in [0, 0.05) is 20.1 Å². The van der Waals surface area contributed by atoms with Gasteiger partial charge >= 0.3 is 0 Å². The zero-order chi connectivity index (χ0) is 14.9. The molecule has 3 atom stereocenters. The fourth-order valence-corrected chi connectivity index (χ4v) is 3.32. The highest BCUT2D eigenvalue weighted by molar-refractivity contribution is 5.51. The van der Waals surface area contributed by atoms with Crippen LogP contribution in [-0.4, -0.2) is 35.9 Å². The molecule has 2 aliphatic rings. The van der Waals surface area contributed by atoms with Crippen molar-refractivity contribution in [3.8, 4) is 0 Å². The van der Waals surface area contributed by atoms with Crippen LogP contribution >= 0.6 is 0 Å². The summed E-state index contributed by atoms with van der Waals surface area (Å²) >= 11 is 0. The van der Waals surface area contributed by atoms with Crippen molar-refractivity contribution in [1.82, 2.24) is 9.97 Å². The first-order valence-electron chi connectivity index (χ1n) is 7.27. The highest BCUT2D eigenvalue weighted by atomic mass is 16.5. The third-order valence-corrected chi connectivity index (χ3v) is 4.41. The van der Waals surface area contributed by atoms with E-state index in [2.05, 4.69) is 22.1 Å². The number of nitrogens with zero attached hydrogens (tertiary/aromatic N) is 2. The number of ether oxygens (including phenoxy) is 2. The molecule has 0 amide bonds. The van der Waals surface area contributed by atoms with Crippen LogP contribution in [0.2, 0.25) is 0 Å². The molecule has 2 aliphatic carbocycles. The molecule has 0 saturated heterocycles. The van der Waals surface area contributed by atoms with Crippen LogP contribution in [0.4, 0.5) is 5.82 Å². The molecule has 1 heterocycles. The quantitative estimate of drug-likeness (QED) is 0.814. The van der Waals surface area contributed by atoms with Gasteiger partial charge in [-0.25, -0.2) is 4.98 Å².